The van der Waals surface area contributed by atoms with Gasteiger partial charge in [-0.25, -0.2) is 0 Å². The SMILES string of the molecule is CCOc1cccc([C@H]2c3c(-c4ccccc4O)n[nH]c3C(=O)N2Cc2ccncc2)c1. The molecule has 1 aliphatic heterocycles. The fourth-order valence-electron chi connectivity index (χ4n) is 4.21. The van der Waals surface area contributed by atoms with E-state index in [9.17, 15) is 9.90 Å². The van der Waals surface area contributed by atoms with Gasteiger partial charge in [-0.2, -0.15) is 5.10 Å². The number of phenols is 1. The van der Waals surface area contributed by atoms with Crippen LogP contribution in [0.2, 0.25) is 0 Å². The highest BCUT2D eigenvalue weighted by atomic mass is 16.5. The highest BCUT2D eigenvalue weighted by Gasteiger charge is 2.42. The van der Waals surface area contributed by atoms with Gasteiger partial charge in [-0.15, -0.1) is 0 Å². The number of carbonyl (C=O) groups is 1. The van der Waals surface area contributed by atoms with Crippen LogP contribution in [-0.2, 0) is 6.54 Å². The molecule has 0 saturated heterocycles. The summed E-state index contributed by atoms with van der Waals surface area (Å²) >= 11 is 0. The Morgan fingerprint density at radius 1 is 1.09 bits per heavy atom. The van der Waals surface area contributed by atoms with Crippen molar-refractivity contribution in [3.05, 3.63) is 95.4 Å². The van der Waals surface area contributed by atoms with Crippen molar-refractivity contribution in [1.82, 2.24) is 20.1 Å². The van der Waals surface area contributed by atoms with E-state index in [0.29, 0.717) is 30.1 Å². The minimum Gasteiger partial charge on any atom is -0.507 e. The maximum atomic E-state index is 13.5. The second kappa shape index (κ2) is 8.19. The monoisotopic (exact) mass is 426 g/mol. The van der Waals surface area contributed by atoms with Gasteiger partial charge in [0.05, 0.1) is 12.6 Å². The third-order valence-electron chi connectivity index (χ3n) is 5.61. The zero-order valence-electron chi connectivity index (χ0n) is 17.5. The maximum absolute atomic E-state index is 13.5. The first-order valence-electron chi connectivity index (χ1n) is 10.5. The number of rotatable bonds is 6. The summed E-state index contributed by atoms with van der Waals surface area (Å²) in [5.74, 6) is 0.712. The van der Waals surface area contributed by atoms with Gasteiger partial charge >= 0.3 is 0 Å². The van der Waals surface area contributed by atoms with Crippen LogP contribution in [0.5, 0.6) is 11.5 Å². The number of aromatic nitrogens is 3. The first-order valence-corrected chi connectivity index (χ1v) is 10.5. The maximum Gasteiger partial charge on any atom is 0.273 e. The number of H-pyrrole nitrogens is 1. The quantitative estimate of drug-likeness (QED) is 0.479. The molecular weight excluding hydrogens is 404 g/mol. The molecule has 3 heterocycles. The number of para-hydroxylation sites is 1. The molecule has 1 amide bonds. The number of benzene rings is 2. The fourth-order valence-corrected chi connectivity index (χ4v) is 4.21. The number of pyridine rings is 1. The van der Waals surface area contributed by atoms with E-state index in [0.717, 1.165) is 22.4 Å². The van der Waals surface area contributed by atoms with Crippen LogP contribution in [0.25, 0.3) is 11.3 Å². The number of aromatic amines is 1. The third kappa shape index (κ3) is 3.37. The molecule has 7 nitrogen and oxygen atoms in total. The summed E-state index contributed by atoms with van der Waals surface area (Å²) in [7, 11) is 0. The van der Waals surface area contributed by atoms with Crippen molar-refractivity contribution >= 4 is 5.91 Å². The normalized spacial score (nSPS) is 15.1. The number of aromatic hydroxyl groups is 1. The summed E-state index contributed by atoms with van der Waals surface area (Å²) in [6, 6.07) is 18.2. The van der Waals surface area contributed by atoms with Gasteiger partial charge in [0, 0.05) is 30.1 Å². The van der Waals surface area contributed by atoms with Crippen molar-refractivity contribution < 1.29 is 14.6 Å². The predicted molar refractivity (Wildman–Crippen MR) is 119 cm³/mol. The second-order valence-electron chi connectivity index (χ2n) is 7.57. The first-order chi connectivity index (χ1) is 15.7. The summed E-state index contributed by atoms with van der Waals surface area (Å²) in [4.78, 5) is 19.4. The van der Waals surface area contributed by atoms with Crippen LogP contribution < -0.4 is 4.74 Å². The van der Waals surface area contributed by atoms with Gasteiger partial charge in [0.25, 0.3) is 5.91 Å². The van der Waals surface area contributed by atoms with Crippen molar-refractivity contribution in [2.24, 2.45) is 0 Å². The van der Waals surface area contributed by atoms with Gasteiger partial charge < -0.3 is 14.7 Å². The highest BCUT2D eigenvalue weighted by Crippen LogP contribution is 2.45. The van der Waals surface area contributed by atoms with Gasteiger partial charge in [-0.3, -0.25) is 14.9 Å². The number of amides is 1. The number of carbonyl (C=O) groups excluding carboxylic acids is 1. The molecule has 0 aliphatic carbocycles. The Morgan fingerprint density at radius 3 is 2.69 bits per heavy atom. The average molecular weight is 426 g/mol. The Hall–Kier alpha value is -4.13. The molecular formula is C25H22N4O3. The third-order valence-corrected chi connectivity index (χ3v) is 5.61. The molecule has 2 aromatic heterocycles. The van der Waals surface area contributed by atoms with E-state index in [1.807, 2.05) is 54.3 Å². The number of fused-ring (bicyclic) bond motifs is 1. The molecule has 4 aromatic rings. The van der Waals surface area contributed by atoms with Crippen LogP contribution in [0.3, 0.4) is 0 Å². The smallest absolute Gasteiger partial charge is 0.273 e. The minimum absolute atomic E-state index is 0.114. The first kappa shape index (κ1) is 19.8. The van der Waals surface area contributed by atoms with Crippen LogP contribution in [-0.4, -0.2) is 37.7 Å². The lowest BCUT2D eigenvalue weighted by Crippen LogP contribution is -2.29. The van der Waals surface area contributed by atoms with E-state index in [-0.39, 0.29) is 17.7 Å². The number of nitrogens with zero attached hydrogens (tertiary/aromatic N) is 3. The van der Waals surface area contributed by atoms with Crippen LogP contribution in [0.15, 0.2) is 73.1 Å². The topological polar surface area (TPSA) is 91.3 Å². The molecule has 160 valence electrons. The number of hydrogen-bond acceptors (Lipinski definition) is 5. The standard InChI is InChI=1S/C25H22N4O3/c1-2-32-18-7-5-6-17(14-18)24-21-22(19-8-3-4-9-20(19)30)27-28-23(21)25(31)29(24)15-16-10-12-26-13-11-16/h3-14,24,30H,2,15H2,1H3,(H,27,28)/t24-/m0/s1. The highest BCUT2D eigenvalue weighted by molar-refractivity contribution is 6.00. The van der Waals surface area contributed by atoms with Crippen LogP contribution >= 0.6 is 0 Å². The van der Waals surface area contributed by atoms with Crippen LogP contribution in [0.1, 0.15) is 40.1 Å². The van der Waals surface area contributed by atoms with E-state index in [1.165, 1.54) is 0 Å². The van der Waals surface area contributed by atoms with Crippen molar-refractivity contribution in [1.29, 1.82) is 0 Å². The second-order valence-corrected chi connectivity index (χ2v) is 7.57. The van der Waals surface area contributed by atoms with E-state index in [4.69, 9.17) is 4.74 Å². The molecule has 7 heteroatoms. The Bertz CT molecular complexity index is 1270. The molecule has 0 saturated carbocycles. The number of nitrogens with one attached hydrogen (secondary N) is 1. The lowest BCUT2D eigenvalue weighted by Gasteiger charge is -2.27. The van der Waals surface area contributed by atoms with Gasteiger partial charge in [0.2, 0.25) is 0 Å². The summed E-state index contributed by atoms with van der Waals surface area (Å²) in [6.45, 7) is 2.90. The molecule has 2 N–H and O–H groups in total. The number of ether oxygens (including phenoxy) is 1. The number of hydrogen-bond donors (Lipinski definition) is 2. The molecule has 0 unspecified atom stereocenters. The molecule has 1 atom stereocenters. The average Bonchev–Trinajstić information content (AvgIpc) is 3.35. The molecule has 0 bridgehead atoms. The Kier molecular flexibility index (Phi) is 5.07. The lowest BCUT2D eigenvalue weighted by molar-refractivity contribution is 0.0729. The molecule has 0 radical (unpaired) electrons. The Labute approximate surface area is 185 Å². The summed E-state index contributed by atoms with van der Waals surface area (Å²) in [5, 5.41) is 17.8. The van der Waals surface area contributed by atoms with E-state index in [1.54, 1.807) is 30.6 Å². The van der Waals surface area contributed by atoms with Gasteiger partial charge in [0.1, 0.15) is 22.9 Å². The predicted octanol–water partition coefficient (Wildman–Crippen LogP) is 4.32. The van der Waals surface area contributed by atoms with Crippen molar-refractivity contribution in [3.8, 4) is 22.8 Å². The van der Waals surface area contributed by atoms with E-state index in [2.05, 4.69) is 15.2 Å². The van der Waals surface area contributed by atoms with Crippen molar-refractivity contribution in [2.75, 3.05) is 6.61 Å². The van der Waals surface area contributed by atoms with Crippen LogP contribution in [0, 0.1) is 0 Å². The zero-order chi connectivity index (χ0) is 22.1. The van der Waals surface area contributed by atoms with Crippen molar-refractivity contribution in [2.45, 2.75) is 19.5 Å². The lowest BCUT2D eigenvalue weighted by atomic mass is 9.95. The molecule has 1 aliphatic rings. The number of phenolic OH excluding ortho intramolecular Hbond substituents is 1. The zero-order valence-corrected chi connectivity index (χ0v) is 17.5. The minimum atomic E-state index is -0.389. The van der Waals surface area contributed by atoms with Crippen LogP contribution in [0.4, 0.5) is 0 Å². The van der Waals surface area contributed by atoms with Gasteiger partial charge in [-0.05, 0) is 54.4 Å². The molecule has 0 fully saturated rings. The summed E-state index contributed by atoms with van der Waals surface area (Å²) in [5.41, 5.74) is 4.21. The van der Waals surface area contributed by atoms with E-state index < -0.39 is 0 Å². The Morgan fingerprint density at radius 2 is 1.91 bits per heavy atom. The Balaban J connectivity index is 1.66. The largest absolute Gasteiger partial charge is 0.507 e. The molecule has 32 heavy (non-hydrogen) atoms. The fraction of sp³-hybridized carbons (Fsp3) is 0.160. The van der Waals surface area contributed by atoms with Crippen molar-refractivity contribution in [3.63, 3.8) is 0 Å². The van der Waals surface area contributed by atoms with Gasteiger partial charge in [0.15, 0.2) is 0 Å². The molecule has 0 spiro atoms. The van der Waals surface area contributed by atoms with E-state index >= 15 is 0 Å². The van der Waals surface area contributed by atoms with Gasteiger partial charge in [-0.1, -0.05) is 24.3 Å². The summed E-state index contributed by atoms with van der Waals surface area (Å²) in [6.07, 6.45) is 3.43. The molecule has 5 rings (SSSR count). The molecule has 2 aromatic carbocycles. The summed E-state index contributed by atoms with van der Waals surface area (Å²) < 4.78 is 5.71.